The molecular weight excluding hydrogens is 1900 g/mol. The lowest BCUT2D eigenvalue weighted by atomic mass is 9.81. The van der Waals surface area contributed by atoms with Crippen molar-refractivity contribution in [1.29, 1.82) is 0 Å². The maximum atomic E-state index is 14.5. The largest absolute Gasteiger partial charge is 0.481 e. The van der Waals surface area contributed by atoms with Gasteiger partial charge < -0.3 is 133 Å². The molecule has 0 radical (unpaired) electrons. The molecule has 1 saturated carbocycles. The van der Waals surface area contributed by atoms with Gasteiger partial charge in [0.15, 0.2) is 25.2 Å². The number of hydrogen-bond donors (Lipinski definition) is 11. The Labute approximate surface area is 855 Å². The van der Waals surface area contributed by atoms with Crippen molar-refractivity contribution >= 4 is 94.8 Å². The van der Waals surface area contributed by atoms with Crippen molar-refractivity contribution in [3.63, 3.8) is 0 Å². The van der Waals surface area contributed by atoms with E-state index in [0.29, 0.717) is 82.3 Å². The topological polar surface area (TPSA) is 563 Å². The highest BCUT2D eigenvalue weighted by atomic mass is 32.2. The minimum Gasteiger partial charge on any atom is -0.481 e. The first-order chi connectivity index (χ1) is 68.5. The molecule has 9 amide bonds. The minimum atomic E-state index is -0.946. The summed E-state index contributed by atoms with van der Waals surface area (Å²) >= 11 is 1.37. The second-order valence-electron chi connectivity index (χ2n) is 36.7. The van der Waals surface area contributed by atoms with Crippen LogP contribution < -0.4 is 26.6 Å². The van der Waals surface area contributed by atoms with Gasteiger partial charge in [-0.05, 0) is 134 Å². The lowest BCUT2D eigenvalue weighted by Crippen LogP contribution is -2.59. The van der Waals surface area contributed by atoms with Gasteiger partial charge in [0.25, 0.3) is 0 Å². The zero-order valence-corrected chi connectivity index (χ0v) is 90.0. The summed E-state index contributed by atoms with van der Waals surface area (Å²) in [5.41, 5.74) is 0.606. The Morgan fingerprint density at radius 2 is 1.02 bits per heavy atom. The Hall–Kier alpha value is -8.29. The number of esters is 4. The van der Waals surface area contributed by atoms with Crippen molar-refractivity contribution in [3.05, 3.63) is 35.9 Å². The molecule has 43 nitrogen and oxygen atoms in total. The Morgan fingerprint density at radius 1 is 0.542 bits per heavy atom. The number of methoxy groups -OCH3 is 6. The first-order valence-corrected chi connectivity index (χ1v) is 51.4. The molecule has 0 spiro atoms. The van der Waals surface area contributed by atoms with Gasteiger partial charge in [-0.2, -0.15) is 0 Å². The van der Waals surface area contributed by atoms with E-state index in [9.17, 15) is 77.3 Å². The van der Waals surface area contributed by atoms with Crippen LogP contribution in [-0.2, 0) is 133 Å². The molecule has 19 atom stereocenters. The molecule has 2 saturated heterocycles. The van der Waals surface area contributed by atoms with Gasteiger partial charge in [-0.15, -0.1) is 11.8 Å². The number of likely N-dealkylation sites (tertiary alicyclic amines) is 2. The number of thioether (sulfide) groups is 1. The number of likely N-dealkylation sites (N-methyl/N-ethyl adjacent to an activating group) is 2. The molecule has 144 heavy (non-hydrogen) atoms. The fourth-order valence-corrected chi connectivity index (χ4v) is 17.4. The third-order valence-corrected chi connectivity index (χ3v) is 26.3. The number of carboxylic acids is 1. The van der Waals surface area contributed by atoms with E-state index >= 15 is 0 Å². The number of benzene rings is 1. The number of amides is 9. The van der Waals surface area contributed by atoms with E-state index in [1.54, 1.807) is 68.1 Å². The number of hydrogen-bond acceptors (Lipinski definition) is 35. The number of ether oxygens (including phenoxy) is 14. The number of nitrogens with zero attached hydrogens (tertiary/aromatic N) is 4. The van der Waals surface area contributed by atoms with Crippen LogP contribution in [0.3, 0.4) is 0 Å². The van der Waals surface area contributed by atoms with Crippen LogP contribution in [0.1, 0.15) is 236 Å². The molecule has 3 fully saturated rings. The minimum absolute atomic E-state index is 0.0105. The molecule has 4 rings (SSSR count). The van der Waals surface area contributed by atoms with Crippen molar-refractivity contribution in [2.24, 2.45) is 35.5 Å². The predicted molar refractivity (Wildman–Crippen MR) is 533 cm³/mol. The molecule has 3 aliphatic rings. The third kappa shape index (κ3) is 51.1. The molecular formula is C100H175N9O34S. The van der Waals surface area contributed by atoms with Crippen LogP contribution in [0.15, 0.2) is 30.3 Å². The van der Waals surface area contributed by atoms with E-state index in [1.165, 1.54) is 59.3 Å². The van der Waals surface area contributed by atoms with E-state index in [4.69, 9.17) is 86.7 Å². The number of imide groups is 1. The molecule has 2 heterocycles. The van der Waals surface area contributed by atoms with Crippen LogP contribution in [0.25, 0.3) is 0 Å². The van der Waals surface area contributed by atoms with E-state index in [-0.39, 0.29) is 200 Å². The van der Waals surface area contributed by atoms with Crippen LogP contribution in [0.5, 0.6) is 0 Å². The summed E-state index contributed by atoms with van der Waals surface area (Å²) in [7, 11) is 15.7. The summed E-state index contributed by atoms with van der Waals surface area (Å²) in [6.07, 6.45) is 1.70. The predicted octanol–water partition coefficient (Wildman–Crippen LogP) is 5.28. The van der Waals surface area contributed by atoms with Crippen molar-refractivity contribution < 1.29 is 164 Å². The van der Waals surface area contributed by atoms with Gasteiger partial charge in [-0.25, -0.2) is 0 Å². The Bertz CT molecular complexity index is 3800. The Morgan fingerprint density at radius 3 is 1.44 bits per heavy atom. The molecule has 1 aromatic rings. The average molecular weight is 2080 g/mol. The number of aliphatic hydroxyl groups is 5. The van der Waals surface area contributed by atoms with Crippen molar-refractivity contribution in [1.82, 2.24) is 46.2 Å². The zero-order valence-electron chi connectivity index (χ0n) is 89.2. The zero-order chi connectivity index (χ0) is 109. The quantitative estimate of drug-likeness (QED) is 0.0130. The number of nitrogens with one attached hydrogen (secondary N) is 5. The molecule has 1 aliphatic carbocycles. The molecule has 44 heteroatoms. The highest BCUT2D eigenvalue weighted by Crippen LogP contribution is 2.35. The fraction of sp³-hybridized carbons (Fsp3) is 0.800. The SMILES string of the molecule is CCC(CO)OC(CO)OC.CCC(CO)OC(COC(=O)CCCC(=O)NCC(=O)OC(c1ccccc1)[C@@H](C)NC(=O)[C@H](C)[C@@H](OC)[C@@H]1CCCN1C(=O)C[C@@H](OC)[C@H]([C@@H](C)CC)N(C)C(=O)C(NC(=O)[C@H](C(C)C)N(C)C)C(C)C)OC.CCC(CO)OC(COC(=O)CCCC(=O)NCCSC1CC(=O)N(CC2CCC(C(=O)NC)CC2)C1=O)OC.CCC(CO)OC(COC(=O)CCCC(=O)O)OC. The first kappa shape index (κ1) is 134. The summed E-state index contributed by atoms with van der Waals surface area (Å²) in [6.45, 7) is 22.3. The normalized spacial score (nSPS) is 18.7. The van der Waals surface area contributed by atoms with Gasteiger partial charge in [-0.3, -0.25) is 76.9 Å². The van der Waals surface area contributed by atoms with Crippen LogP contribution in [0.2, 0.25) is 0 Å². The maximum Gasteiger partial charge on any atom is 0.326 e. The van der Waals surface area contributed by atoms with Gasteiger partial charge in [0.05, 0.1) is 111 Å². The summed E-state index contributed by atoms with van der Waals surface area (Å²) in [5.74, 6) is -5.61. The van der Waals surface area contributed by atoms with Crippen LogP contribution >= 0.6 is 11.8 Å². The number of carbonyl (C=O) groups excluding carboxylic acids is 13. The highest BCUT2D eigenvalue weighted by molar-refractivity contribution is 8.00. The van der Waals surface area contributed by atoms with Crippen LogP contribution in [0, 0.1) is 35.5 Å². The molecule has 0 bridgehead atoms. The molecule has 1 aromatic carbocycles. The number of carboxylic acid groups (broad SMARTS) is 1. The van der Waals surface area contributed by atoms with E-state index in [0.717, 1.165) is 25.7 Å². The monoisotopic (exact) mass is 2080 g/mol. The molecule has 830 valence electrons. The van der Waals surface area contributed by atoms with Gasteiger partial charge in [-0.1, -0.05) is 113 Å². The van der Waals surface area contributed by atoms with Crippen molar-refractivity contribution in [2.75, 3.05) is 156 Å². The number of rotatable bonds is 69. The van der Waals surface area contributed by atoms with E-state index in [1.807, 2.05) is 88.2 Å². The molecule has 11 unspecified atom stereocenters. The van der Waals surface area contributed by atoms with Gasteiger partial charge in [0, 0.05) is 133 Å². The lowest BCUT2D eigenvalue weighted by molar-refractivity contribution is -0.194. The highest BCUT2D eigenvalue weighted by Gasteiger charge is 2.46. The third-order valence-electron chi connectivity index (χ3n) is 25.1. The van der Waals surface area contributed by atoms with Crippen molar-refractivity contribution in [2.45, 2.75) is 328 Å². The lowest BCUT2D eigenvalue weighted by Gasteiger charge is -2.41. The summed E-state index contributed by atoms with van der Waals surface area (Å²) in [5, 5.41) is 66.9. The van der Waals surface area contributed by atoms with E-state index < -0.39 is 145 Å². The number of carbonyl (C=O) groups is 14. The van der Waals surface area contributed by atoms with Gasteiger partial charge in [0.1, 0.15) is 38.5 Å². The van der Waals surface area contributed by atoms with Crippen molar-refractivity contribution in [3.8, 4) is 0 Å². The van der Waals surface area contributed by atoms with Crippen LogP contribution in [0.4, 0.5) is 0 Å². The smallest absolute Gasteiger partial charge is 0.326 e. The standard InChI is InChI=1S/C54H92N6O14.C27H45N3O9S.C12H22O7.C7H16O4/c1-16-35(7)49(59(12)54(68)47(33(3)4)57-53(67)48(34(5)6)58(10)11)41(69-13)29-43(63)60-28-22-25-40(60)50(71-15)36(8)52(66)56-37(9)51(38-23-19-18-20-24-38)74-45(65)30-55-42(62)26-21-27-44(64)72-32-46(70-14)73-39(17-2)31-61;1-4-20(16-31)39-25(37-3)17-38-24(34)7-5-6-22(32)29-12-13-40-21-14-23(33)30(27(21)36)15-18-8-10-19(11-9-18)26(35)28-2;1-3-9(7-13)19-12(17-2)8-18-11(16)6-4-5-10(14)15;1-3-6(4-8)11-7(5-9)10-2/h18-20,23-24,33-37,39-41,46-51,61H,16-17,21-22,25-32H2,1-15H3,(H,55,62)(H,56,66)(H,57,67);18-21,25,31H,4-17H2,1-3H3,(H,28,35)(H,29,32);9,12-13H,3-8H2,1-2H3,(H,14,15);6-9H,3-5H2,1-2H3/t35-,36+,37+,39?,40-,41+,46?,47?,48-,49-,50+,51?;;;/m0.../s1. The van der Waals surface area contributed by atoms with Crippen LogP contribution in [-0.4, -0.2) is 386 Å². The number of aliphatic hydroxyl groups excluding tert-OH is 5. The summed E-state index contributed by atoms with van der Waals surface area (Å²) in [6, 6.07) is 5.92. The average Bonchev–Trinajstić information content (AvgIpc) is 1.74. The Balaban J connectivity index is 0.00000121. The molecule has 0 aromatic heterocycles. The van der Waals surface area contributed by atoms with E-state index in [2.05, 4.69) is 26.6 Å². The fourth-order valence-electron chi connectivity index (χ4n) is 16.4. The summed E-state index contributed by atoms with van der Waals surface area (Å²) in [4.78, 5) is 184. The first-order valence-electron chi connectivity index (χ1n) is 50.3. The second kappa shape index (κ2) is 76.3. The molecule has 2 aliphatic heterocycles. The van der Waals surface area contributed by atoms with Gasteiger partial charge >= 0.3 is 29.8 Å². The van der Waals surface area contributed by atoms with Gasteiger partial charge in [0.2, 0.25) is 53.2 Å². The Kier molecular flexibility index (Phi) is 70.8. The second-order valence-corrected chi connectivity index (χ2v) is 38.0. The summed E-state index contributed by atoms with van der Waals surface area (Å²) < 4.78 is 74.7. The maximum absolute atomic E-state index is 14.5. The molecule has 11 N–H and O–H groups in total. The number of aliphatic carboxylic acids is 1.